The van der Waals surface area contributed by atoms with E-state index in [9.17, 15) is 14.4 Å². The Labute approximate surface area is 122 Å². The Morgan fingerprint density at radius 1 is 1.40 bits per heavy atom. The lowest BCUT2D eigenvalue weighted by molar-refractivity contribution is -0.140. The summed E-state index contributed by atoms with van der Waals surface area (Å²) in [6.45, 7) is 0.166. The molecule has 7 nitrogen and oxygen atoms in total. The van der Waals surface area contributed by atoms with E-state index in [4.69, 9.17) is 5.73 Å². The van der Waals surface area contributed by atoms with Gasteiger partial charge in [-0.25, -0.2) is 0 Å². The Kier molecular flexibility index (Phi) is 4.87. The maximum Gasteiger partial charge on any atom is 0.246 e. The number of rotatable bonds is 4. The lowest BCUT2D eigenvalue weighted by Gasteiger charge is -2.29. The van der Waals surface area contributed by atoms with Crippen molar-refractivity contribution in [2.45, 2.75) is 36.7 Å². The average molecular weight is 300 g/mol. The molecule has 2 fully saturated rings. The number of amides is 3. The van der Waals surface area contributed by atoms with Crippen LogP contribution in [0.4, 0.5) is 0 Å². The molecular weight excluding hydrogens is 280 g/mol. The van der Waals surface area contributed by atoms with Crippen LogP contribution in [0.5, 0.6) is 0 Å². The SMILES string of the molecule is CNCC(=O)N[C@H]1CCS[C@H]2CC[C@H](C(N)=O)N2C1=O. The Morgan fingerprint density at radius 3 is 2.80 bits per heavy atom. The monoisotopic (exact) mass is 300 g/mol. The second-order valence-electron chi connectivity index (χ2n) is 5.01. The molecule has 2 rings (SSSR count). The lowest BCUT2D eigenvalue weighted by Crippen LogP contribution is -2.54. The van der Waals surface area contributed by atoms with Crippen LogP contribution in [0.1, 0.15) is 19.3 Å². The van der Waals surface area contributed by atoms with Gasteiger partial charge in [0.15, 0.2) is 0 Å². The van der Waals surface area contributed by atoms with Gasteiger partial charge < -0.3 is 21.3 Å². The number of fused-ring (bicyclic) bond motifs is 1. The normalized spacial score (nSPS) is 29.8. The quantitative estimate of drug-likeness (QED) is 0.594. The van der Waals surface area contributed by atoms with Crippen LogP contribution in [-0.4, -0.2) is 59.4 Å². The molecule has 3 atom stereocenters. The number of hydrogen-bond donors (Lipinski definition) is 3. The van der Waals surface area contributed by atoms with Crippen LogP contribution in [0, 0.1) is 0 Å². The molecule has 4 N–H and O–H groups in total. The number of nitrogens with zero attached hydrogens (tertiary/aromatic N) is 1. The molecule has 8 heteroatoms. The summed E-state index contributed by atoms with van der Waals surface area (Å²) in [6, 6.07) is -1.10. The number of thioether (sulfide) groups is 1. The number of primary amides is 1. The van der Waals surface area contributed by atoms with E-state index < -0.39 is 18.0 Å². The number of carbonyl (C=O) groups is 3. The summed E-state index contributed by atoms with van der Waals surface area (Å²) in [5.74, 6) is -0.0957. The van der Waals surface area contributed by atoms with Crippen molar-refractivity contribution in [2.75, 3.05) is 19.3 Å². The molecule has 0 radical (unpaired) electrons. The van der Waals surface area contributed by atoms with E-state index in [1.165, 1.54) is 0 Å². The number of likely N-dealkylation sites (N-methyl/N-ethyl adjacent to an activating group) is 1. The number of nitrogens with two attached hydrogens (primary N) is 1. The molecule has 0 aromatic rings. The first-order valence-corrected chi connectivity index (χ1v) is 7.76. The van der Waals surface area contributed by atoms with Gasteiger partial charge in [-0.1, -0.05) is 0 Å². The zero-order valence-electron chi connectivity index (χ0n) is 11.4. The minimum Gasteiger partial charge on any atom is -0.368 e. The van der Waals surface area contributed by atoms with Crippen LogP contribution in [0.2, 0.25) is 0 Å². The molecule has 2 aliphatic rings. The predicted octanol–water partition coefficient (Wildman–Crippen LogP) is -1.37. The van der Waals surface area contributed by atoms with Gasteiger partial charge in [-0.3, -0.25) is 14.4 Å². The highest BCUT2D eigenvalue weighted by Crippen LogP contribution is 2.35. The highest BCUT2D eigenvalue weighted by atomic mass is 32.2. The number of carbonyl (C=O) groups excluding carboxylic acids is 3. The summed E-state index contributed by atoms with van der Waals surface area (Å²) >= 11 is 1.65. The Balaban J connectivity index is 2.10. The van der Waals surface area contributed by atoms with Crippen molar-refractivity contribution >= 4 is 29.5 Å². The molecule has 3 amide bonds. The number of hydrogen-bond acceptors (Lipinski definition) is 5. The first-order chi connectivity index (χ1) is 9.54. The van der Waals surface area contributed by atoms with Crippen LogP contribution in [0.3, 0.4) is 0 Å². The third-order valence-electron chi connectivity index (χ3n) is 3.60. The fourth-order valence-corrected chi connectivity index (χ4v) is 4.04. The molecule has 2 aliphatic heterocycles. The van der Waals surface area contributed by atoms with Crippen LogP contribution in [-0.2, 0) is 14.4 Å². The smallest absolute Gasteiger partial charge is 0.246 e. The van der Waals surface area contributed by atoms with Gasteiger partial charge in [-0.2, -0.15) is 0 Å². The summed E-state index contributed by atoms with van der Waals surface area (Å²) in [4.78, 5) is 37.2. The molecule has 0 bridgehead atoms. The third-order valence-corrected chi connectivity index (χ3v) is 4.92. The summed E-state index contributed by atoms with van der Waals surface area (Å²) < 4.78 is 0. The Hall–Kier alpha value is -1.28. The second-order valence-corrected chi connectivity index (χ2v) is 6.29. The van der Waals surface area contributed by atoms with Crippen molar-refractivity contribution in [1.29, 1.82) is 0 Å². The van der Waals surface area contributed by atoms with Crippen molar-refractivity contribution in [3.63, 3.8) is 0 Å². The molecule has 2 saturated heterocycles. The molecule has 0 aromatic carbocycles. The van der Waals surface area contributed by atoms with Gasteiger partial charge in [0.05, 0.1) is 11.9 Å². The van der Waals surface area contributed by atoms with Crippen molar-refractivity contribution in [2.24, 2.45) is 5.73 Å². The summed E-state index contributed by atoms with van der Waals surface area (Å²) in [7, 11) is 1.67. The van der Waals surface area contributed by atoms with Crippen LogP contribution in [0.15, 0.2) is 0 Å². The topological polar surface area (TPSA) is 105 Å². The molecule has 0 spiro atoms. The third kappa shape index (κ3) is 3.06. The minimum absolute atomic E-state index is 0.00574. The van der Waals surface area contributed by atoms with E-state index in [-0.39, 0.29) is 23.7 Å². The van der Waals surface area contributed by atoms with Crippen LogP contribution in [0.25, 0.3) is 0 Å². The summed E-state index contributed by atoms with van der Waals surface area (Å²) in [5.41, 5.74) is 5.37. The standard InChI is InChI=1S/C12H20N4O3S/c1-14-6-9(17)15-7-4-5-20-10-3-2-8(11(13)18)16(10)12(7)19/h7-8,10,14H,2-6H2,1H3,(H2,13,18)(H,15,17)/t7-,8+,10-/m0/s1. The zero-order chi connectivity index (χ0) is 14.7. The van der Waals surface area contributed by atoms with Crippen molar-refractivity contribution < 1.29 is 14.4 Å². The predicted molar refractivity (Wildman–Crippen MR) is 75.8 cm³/mol. The number of nitrogens with one attached hydrogen (secondary N) is 2. The fourth-order valence-electron chi connectivity index (χ4n) is 2.68. The zero-order valence-corrected chi connectivity index (χ0v) is 12.2. The van der Waals surface area contributed by atoms with E-state index in [1.807, 2.05) is 0 Å². The molecule has 0 unspecified atom stereocenters. The highest BCUT2D eigenvalue weighted by molar-refractivity contribution is 7.99. The molecule has 112 valence electrons. The molecule has 20 heavy (non-hydrogen) atoms. The molecule has 2 heterocycles. The van der Waals surface area contributed by atoms with E-state index >= 15 is 0 Å². The lowest BCUT2D eigenvalue weighted by atomic mass is 10.1. The fraction of sp³-hybridized carbons (Fsp3) is 0.750. The van der Waals surface area contributed by atoms with Gasteiger partial charge in [0.1, 0.15) is 12.1 Å². The van der Waals surface area contributed by atoms with E-state index in [1.54, 1.807) is 23.7 Å². The minimum atomic E-state index is -0.562. The Bertz CT molecular complexity index is 418. The molecule has 0 aromatic heterocycles. The second kappa shape index (κ2) is 6.45. The highest BCUT2D eigenvalue weighted by Gasteiger charge is 2.44. The first-order valence-electron chi connectivity index (χ1n) is 6.71. The summed E-state index contributed by atoms with van der Waals surface area (Å²) in [6.07, 6.45) is 1.97. The van der Waals surface area contributed by atoms with Gasteiger partial charge in [-0.15, -0.1) is 11.8 Å². The van der Waals surface area contributed by atoms with E-state index in [0.29, 0.717) is 12.8 Å². The van der Waals surface area contributed by atoms with E-state index in [0.717, 1.165) is 12.2 Å². The maximum absolute atomic E-state index is 12.6. The summed E-state index contributed by atoms with van der Waals surface area (Å²) in [5, 5.41) is 5.47. The van der Waals surface area contributed by atoms with Crippen LogP contribution < -0.4 is 16.4 Å². The van der Waals surface area contributed by atoms with Gasteiger partial charge in [0, 0.05) is 0 Å². The van der Waals surface area contributed by atoms with Gasteiger partial charge >= 0.3 is 0 Å². The average Bonchev–Trinajstić information content (AvgIpc) is 2.75. The van der Waals surface area contributed by atoms with Crippen molar-refractivity contribution in [3.05, 3.63) is 0 Å². The van der Waals surface area contributed by atoms with Gasteiger partial charge in [0.25, 0.3) is 0 Å². The van der Waals surface area contributed by atoms with Crippen molar-refractivity contribution in [1.82, 2.24) is 15.5 Å². The maximum atomic E-state index is 12.6. The Morgan fingerprint density at radius 2 is 2.15 bits per heavy atom. The largest absolute Gasteiger partial charge is 0.368 e. The molecule has 0 saturated carbocycles. The van der Waals surface area contributed by atoms with Crippen molar-refractivity contribution in [3.8, 4) is 0 Å². The van der Waals surface area contributed by atoms with Crippen LogP contribution >= 0.6 is 11.8 Å². The molecule has 0 aliphatic carbocycles. The van der Waals surface area contributed by atoms with E-state index in [2.05, 4.69) is 10.6 Å². The molecular formula is C12H20N4O3S. The first kappa shape index (κ1) is 15.1. The van der Waals surface area contributed by atoms with Gasteiger partial charge in [0.2, 0.25) is 17.7 Å². The van der Waals surface area contributed by atoms with Gasteiger partial charge in [-0.05, 0) is 32.1 Å².